The topological polar surface area (TPSA) is 17.8 Å². The second-order valence-electron chi connectivity index (χ2n) is 5.34. The fraction of sp³-hybridized carbons (Fsp3) is 0.167. The van der Waals surface area contributed by atoms with Crippen LogP contribution in [0.5, 0.6) is 0 Å². The van der Waals surface area contributed by atoms with Crippen LogP contribution in [0.3, 0.4) is 0 Å². The van der Waals surface area contributed by atoms with Crippen LogP contribution in [0.25, 0.3) is 16.9 Å². The third-order valence-electron chi connectivity index (χ3n) is 3.47. The number of halogens is 1. The molecule has 0 N–H and O–H groups in total. The number of rotatable bonds is 3. The first kappa shape index (κ1) is 13.9. The smallest absolute Gasteiger partial charge is 0.0758 e. The van der Waals surface area contributed by atoms with Crippen LogP contribution in [0.1, 0.15) is 25.5 Å². The predicted molar refractivity (Wildman–Crippen MR) is 88.1 cm³/mol. The SMILES string of the molecule is CC(C)c1cc(-c2ccccc2Cl)n(-c2ccccc2)n1. The number of nitrogens with zero attached hydrogens (tertiary/aromatic N) is 2. The van der Waals surface area contributed by atoms with E-state index in [-0.39, 0.29) is 0 Å². The molecule has 2 aromatic carbocycles. The summed E-state index contributed by atoms with van der Waals surface area (Å²) in [5.74, 6) is 0.371. The van der Waals surface area contributed by atoms with Crippen LogP contribution in [0.15, 0.2) is 60.7 Å². The Kier molecular flexibility index (Phi) is 3.80. The Hall–Kier alpha value is -2.06. The zero-order chi connectivity index (χ0) is 14.8. The molecule has 0 fully saturated rings. The first-order valence-electron chi connectivity index (χ1n) is 7.07. The van der Waals surface area contributed by atoms with Crippen LogP contribution in [0.2, 0.25) is 5.02 Å². The van der Waals surface area contributed by atoms with Crippen molar-refractivity contribution in [1.82, 2.24) is 9.78 Å². The van der Waals surface area contributed by atoms with Crippen molar-refractivity contribution in [3.05, 3.63) is 71.4 Å². The lowest BCUT2D eigenvalue weighted by Gasteiger charge is -2.08. The number of hydrogen-bond donors (Lipinski definition) is 0. The van der Waals surface area contributed by atoms with E-state index in [1.54, 1.807) is 0 Å². The van der Waals surface area contributed by atoms with Gasteiger partial charge < -0.3 is 0 Å². The predicted octanol–water partition coefficient (Wildman–Crippen LogP) is 5.32. The van der Waals surface area contributed by atoms with Gasteiger partial charge in [-0.3, -0.25) is 0 Å². The van der Waals surface area contributed by atoms with E-state index >= 15 is 0 Å². The summed E-state index contributed by atoms with van der Waals surface area (Å²) in [6, 6.07) is 20.2. The van der Waals surface area contributed by atoms with Crippen LogP contribution in [-0.2, 0) is 0 Å². The zero-order valence-electron chi connectivity index (χ0n) is 12.1. The molecule has 1 aromatic heterocycles. The van der Waals surface area contributed by atoms with Crippen LogP contribution in [-0.4, -0.2) is 9.78 Å². The lowest BCUT2D eigenvalue weighted by Crippen LogP contribution is -2.00. The summed E-state index contributed by atoms with van der Waals surface area (Å²) in [7, 11) is 0. The molecule has 2 nitrogen and oxygen atoms in total. The van der Waals surface area contributed by atoms with E-state index in [4.69, 9.17) is 16.7 Å². The van der Waals surface area contributed by atoms with Gasteiger partial charge >= 0.3 is 0 Å². The Balaban J connectivity index is 2.22. The van der Waals surface area contributed by atoms with Crippen LogP contribution < -0.4 is 0 Å². The van der Waals surface area contributed by atoms with Gasteiger partial charge in [0.15, 0.2) is 0 Å². The van der Waals surface area contributed by atoms with Gasteiger partial charge in [0.2, 0.25) is 0 Å². The highest BCUT2D eigenvalue weighted by molar-refractivity contribution is 6.33. The van der Waals surface area contributed by atoms with E-state index in [9.17, 15) is 0 Å². The highest BCUT2D eigenvalue weighted by atomic mass is 35.5. The number of benzene rings is 2. The summed E-state index contributed by atoms with van der Waals surface area (Å²) in [5, 5.41) is 5.50. The molecule has 0 atom stereocenters. The molecule has 0 bridgehead atoms. The van der Waals surface area contributed by atoms with E-state index in [2.05, 4.69) is 32.0 Å². The van der Waals surface area contributed by atoms with E-state index < -0.39 is 0 Å². The summed E-state index contributed by atoms with van der Waals surface area (Å²) in [6.45, 7) is 4.29. The Bertz CT molecular complexity index is 745. The van der Waals surface area contributed by atoms with Gasteiger partial charge in [-0.15, -0.1) is 0 Å². The molecule has 0 amide bonds. The molecule has 0 aliphatic rings. The van der Waals surface area contributed by atoms with Gasteiger partial charge in [0, 0.05) is 10.6 Å². The van der Waals surface area contributed by atoms with Crippen molar-refractivity contribution in [2.45, 2.75) is 19.8 Å². The standard InChI is InChI=1S/C18H17ClN2/c1-13(2)17-12-18(15-10-6-7-11-16(15)19)21(20-17)14-8-4-3-5-9-14/h3-13H,1-2H3. The Labute approximate surface area is 130 Å². The third-order valence-corrected chi connectivity index (χ3v) is 3.80. The fourth-order valence-corrected chi connectivity index (χ4v) is 2.54. The average molecular weight is 297 g/mol. The maximum atomic E-state index is 6.37. The molecule has 3 rings (SSSR count). The van der Waals surface area contributed by atoms with Gasteiger partial charge in [-0.2, -0.15) is 5.10 Å². The lowest BCUT2D eigenvalue weighted by molar-refractivity contribution is 0.770. The van der Waals surface area contributed by atoms with E-state index in [0.29, 0.717) is 5.92 Å². The van der Waals surface area contributed by atoms with Crippen molar-refractivity contribution in [3.8, 4) is 16.9 Å². The first-order valence-corrected chi connectivity index (χ1v) is 7.45. The molecule has 0 spiro atoms. The van der Waals surface area contributed by atoms with Crippen LogP contribution in [0.4, 0.5) is 0 Å². The normalized spacial score (nSPS) is 11.0. The molecular weight excluding hydrogens is 280 g/mol. The summed E-state index contributed by atoms with van der Waals surface area (Å²) >= 11 is 6.37. The minimum atomic E-state index is 0.371. The van der Waals surface area contributed by atoms with E-state index in [1.165, 1.54) is 0 Å². The van der Waals surface area contributed by atoms with Crippen LogP contribution >= 0.6 is 11.6 Å². The third kappa shape index (κ3) is 2.72. The minimum Gasteiger partial charge on any atom is -0.233 e. The summed E-state index contributed by atoms with van der Waals surface area (Å²) < 4.78 is 1.97. The number of hydrogen-bond acceptors (Lipinski definition) is 1. The van der Waals surface area contributed by atoms with Crippen molar-refractivity contribution in [2.75, 3.05) is 0 Å². The minimum absolute atomic E-state index is 0.371. The van der Waals surface area contributed by atoms with Crippen molar-refractivity contribution in [2.24, 2.45) is 0 Å². The van der Waals surface area contributed by atoms with Gasteiger partial charge in [0.1, 0.15) is 0 Å². The Morgan fingerprint density at radius 3 is 2.29 bits per heavy atom. The highest BCUT2D eigenvalue weighted by Gasteiger charge is 2.15. The highest BCUT2D eigenvalue weighted by Crippen LogP contribution is 2.31. The molecule has 21 heavy (non-hydrogen) atoms. The molecule has 0 radical (unpaired) electrons. The van der Waals surface area contributed by atoms with E-state index in [1.807, 2.05) is 47.1 Å². The largest absolute Gasteiger partial charge is 0.233 e. The summed E-state index contributed by atoms with van der Waals surface area (Å²) in [5.41, 5.74) is 4.13. The van der Waals surface area contributed by atoms with Gasteiger partial charge in [-0.05, 0) is 30.2 Å². The first-order chi connectivity index (χ1) is 10.2. The molecule has 0 saturated heterocycles. The maximum absolute atomic E-state index is 6.37. The molecular formula is C18H17ClN2. The Morgan fingerprint density at radius 2 is 1.62 bits per heavy atom. The molecule has 0 saturated carbocycles. The van der Waals surface area contributed by atoms with Gasteiger partial charge in [-0.1, -0.05) is 61.8 Å². The molecule has 1 heterocycles. The number of para-hydroxylation sites is 1. The van der Waals surface area contributed by atoms with Gasteiger partial charge in [-0.25, -0.2) is 4.68 Å². The van der Waals surface area contributed by atoms with E-state index in [0.717, 1.165) is 27.7 Å². The van der Waals surface area contributed by atoms with Crippen LogP contribution in [0, 0.1) is 0 Å². The van der Waals surface area contributed by atoms with Gasteiger partial charge in [0.05, 0.1) is 17.1 Å². The molecule has 3 aromatic rings. The molecule has 0 aliphatic heterocycles. The maximum Gasteiger partial charge on any atom is 0.0758 e. The summed E-state index contributed by atoms with van der Waals surface area (Å²) in [4.78, 5) is 0. The molecule has 0 unspecified atom stereocenters. The summed E-state index contributed by atoms with van der Waals surface area (Å²) in [6.07, 6.45) is 0. The van der Waals surface area contributed by atoms with Crippen molar-refractivity contribution in [1.29, 1.82) is 0 Å². The molecule has 0 aliphatic carbocycles. The van der Waals surface area contributed by atoms with Crippen molar-refractivity contribution >= 4 is 11.6 Å². The second kappa shape index (κ2) is 5.74. The molecule has 106 valence electrons. The average Bonchev–Trinajstić information content (AvgIpc) is 2.94. The molecule has 3 heteroatoms. The monoisotopic (exact) mass is 296 g/mol. The second-order valence-corrected chi connectivity index (χ2v) is 5.74. The lowest BCUT2D eigenvalue weighted by atomic mass is 10.1. The van der Waals surface area contributed by atoms with Crippen molar-refractivity contribution < 1.29 is 0 Å². The zero-order valence-corrected chi connectivity index (χ0v) is 12.9. The number of aromatic nitrogens is 2. The quantitative estimate of drug-likeness (QED) is 0.640. The van der Waals surface area contributed by atoms with Crippen molar-refractivity contribution in [3.63, 3.8) is 0 Å². The Morgan fingerprint density at radius 1 is 0.952 bits per heavy atom. The van der Waals surface area contributed by atoms with Gasteiger partial charge in [0.25, 0.3) is 0 Å². The fourth-order valence-electron chi connectivity index (χ4n) is 2.31.